The highest BCUT2D eigenvalue weighted by molar-refractivity contribution is 5.94. The van der Waals surface area contributed by atoms with E-state index < -0.39 is 0 Å². The van der Waals surface area contributed by atoms with E-state index in [1.807, 2.05) is 36.1 Å². The maximum absolute atomic E-state index is 12.5. The summed E-state index contributed by atoms with van der Waals surface area (Å²) < 4.78 is 5.39. The molecule has 2 aromatic rings. The van der Waals surface area contributed by atoms with Crippen molar-refractivity contribution in [2.45, 2.75) is 19.4 Å². The van der Waals surface area contributed by atoms with E-state index in [0.717, 1.165) is 18.7 Å². The van der Waals surface area contributed by atoms with Crippen LogP contribution in [0.3, 0.4) is 0 Å². The molecule has 1 amide bonds. The molecule has 0 radical (unpaired) electrons. The van der Waals surface area contributed by atoms with Crippen LogP contribution in [0.5, 0.6) is 5.75 Å². The van der Waals surface area contributed by atoms with E-state index in [2.05, 4.69) is 10.2 Å². The van der Waals surface area contributed by atoms with E-state index in [4.69, 9.17) is 4.74 Å². The number of hydrogen-bond acceptors (Lipinski definition) is 4. The number of likely N-dealkylation sites (tertiary alicyclic amines) is 1. The van der Waals surface area contributed by atoms with Crippen LogP contribution in [-0.4, -0.2) is 45.5 Å². The fourth-order valence-corrected chi connectivity index (χ4v) is 2.57. The summed E-state index contributed by atoms with van der Waals surface area (Å²) in [4.78, 5) is 16.0. The average molecular weight is 286 g/mol. The zero-order chi connectivity index (χ0) is 14.7. The van der Waals surface area contributed by atoms with E-state index in [9.17, 15) is 4.79 Å². The number of nitrogens with zero attached hydrogens (tertiary/aromatic N) is 4. The second kappa shape index (κ2) is 5.95. The van der Waals surface area contributed by atoms with Crippen LogP contribution in [0.25, 0.3) is 0 Å². The SMILES string of the molecule is CCOc1ccc(C(=O)N2CCC(n3nccn3)C2)cc1. The Morgan fingerprint density at radius 2 is 2.00 bits per heavy atom. The maximum atomic E-state index is 12.5. The average Bonchev–Trinajstić information content (AvgIpc) is 3.19. The first kappa shape index (κ1) is 13.6. The molecule has 6 heteroatoms. The van der Waals surface area contributed by atoms with Crippen LogP contribution in [0.2, 0.25) is 0 Å². The predicted molar refractivity (Wildman–Crippen MR) is 77.2 cm³/mol. The Morgan fingerprint density at radius 1 is 1.29 bits per heavy atom. The fraction of sp³-hybridized carbons (Fsp3) is 0.400. The van der Waals surface area contributed by atoms with Crippen molar-refractivity contribution in [2.75, 3.05) is 19.7 Å². The molecule has 0 N–H and O–H groups in total. The Hall–Kier alpha value is -2.37. The number of benzene rings is 1. The summed E-state index contributed by atoms with van der Waals surface area (Å²) in [6.45, 7) is 3.95. The van der Waals surface area contributed by atoms with Crippen LogP contribution < -0.4 is 4.74 Å². The van der Waals surface area contributed by atoms with Crippen LogP contribution in [0, 0.1) is 0 Å². The summed E-state index contributed by atoms with van der Waals surface area (Å²) >= 11 is 0. The van der Waals surface area contributed by atoms with Gasteiger partial charge in [0.05, 0.1) is 25.0 Å². The van der Waals surface area contributed by atoms with Crippen molar-refractivity contribution < 1.29 is 9.53 Å². The summed E-state index contributed by atoms with van der Waals surface area (Å²) in [7, 11) is 0. The standard InChI is InChI=1S/C15H18N4O2/c1-2-21-14-5-3-12(4-6-14)15(20)18-10-7-13(11-18)19-16-8-9-17-19/h3-6,8-9,13H,2,7,10-11H2,1H3. The van der Waals surface area contributed by atoms with Gasteiger partial charge in [0.25, 0.3) is 5.91 Å². The third-order valence-corrected chi connectivity index (χ3v) is 3.63. The van der Waals surface area contributed by atoms with Crippen molar-refractivity contribution in [3.63, 3.8) is 0 Å². The molecule has 3 rings (SSSR count). The molecule has 6 nitrogen and oxygen atoms in total. The molecule has 1 saturated heterocycles. The Morgan fingerprint density at radius 3 is 2.67 bits per heavy atom. The topological polar surface area (TPSA) is 60.2 Å². The first-order valence-electron chi connectivity index (χ1n) is 7.16. The summed E-state index contributed by atoms with van der Waals surface area (Å²) in [6.07, 6.45) is 4.21. The number of rotatable bonds is 4. The van der Waals surface area contributed by atoms with Gasteiger partial charge in [0, 0.05) is 18.7 Å². The van der Waals surface area contributed by atoms with Gasteiger partial charge >= 0.3 is 0 Å². The number of amides is 1. The van der Waals surface area contributed by atoms with Gasteiger partial charge in [-0.1, -0.05) is 0 Å². The van der Waals surface area contributed by atoms with Crippen molar-refractivity contribution in [1.82, 2.24) is 19.9 Å². The van der Waals surface area contributed by atoms with E-state index in [1.54, 1.807) is 17.2 Å². The lowest BCUT2D eigenvalue weighted by molar-refractivity contribution is 0.0786. The quantitative estimate of drug-likeness (QED) is 0.859. The Balaban J connectivity index is 1.66. The van der Waals surface area contributed by atoms with Gasteiger partial charge in [0.2, 0.25) is 0 Å². The minimum atomic E-state index is 0.0488. The predicted octanol–water partition coefficient (Wildman–Crippen LogP) is 1.76. The minimum absolute atomic E-state index is 0.0488. The third kappa shape index (κ3) is 2.89. The molecule has 0 saturated carbocycles. The zero-order valence-electron chi connectivity index (χ0n) is 12.0. The molecule has 1 unspecified atom stereocenters. The summed E-state index contributed by atoms with van der Waals surface area (Å²) in [5.41, 5.74) is 0.688. The van der Waals surface area contributed by atoms with E-state index >= 15 is 0 Å². The molecule has 1 aromatic heterocycles. The molecule has 1 atom stereocenters. The smallest absolute Gasteiger partial charge is 0.253 e. The van der Waals surface area contributed by atoms with Crippen LogP contribution >= 0.6 is 0 Å². The number of ether oxygens (including phenoxy) is 1. The second-order valence-corrected chi connectivity index (χ2v) is 5.00. The Labute approximate surface area is 123 Å². The molecule has 110 valence electrons. The maximum Gasteiger partial charge on any atom is 0.253 e. The van der Waals surface area contributed by atoms with E-state index in [-0.39, 0.29) is 11.9 Å². The highest BCUT2D eigenvalue weighted by atomic mass is 16.5. The second-order valence-electron chi connectivity index (χ2n) is 5.00. The highest BCUT2D eigenvalue weighted by Crippen LogP contribution is 2.22. The van der Waals surface area contributed by atoms with Gasteiger partial charge in [-0.3, -0.25) is 4.79 Å². The molecule has 1 fully saturated rings. The van der Waals surface area contributed by atoms with Crippen LogP contribution in [0.4, 0.5) is 0 Å². The zero-order valence-corrected chi connectivity index (χ0v) is 12.0. The first-order valence-corrected chi connectivity index (χ1v) is 7.16. The van der Waals surface area contributed by atoms with Crippen molar-refractivity contribution in [3.8, 4) is 5.75 Å². The molecule has 1 aromatic carbocycles. The van der Waals surface area contributed by atoms with Crippen LogP contribution in [0.1, 0.15) is 29.7 Å². The lowest BCUT2D eigenvalue weighted by Gasteiger charge is -2.16. The van der Waals surface area contributed by atoms with Gasteiger partial charge in [-0.2, -0.15) is 15.0 Å². The molecule has 0 aliphatic carbocycles. The van der Waals surface area contributed by atoms with Gasteiger partial charge in [0.15, 0.2) is 0 Å². The lowest BCUT2D eigenvalue weighted by atomic mass is 10.2. The van der Waals surface area contributed by atoms with E-state index in [0.29, 0.717) is 18.7 Å². The minimum Gasteiger partial charge on any atom is -0.494 e. The Kier molecular flexibility index (Phi) is 3.85. The van der Waals surface area contributed by atoms with Crippen molar-refractivity contribution >= 4 is 5.91 Å². The number of carbonyl (C=O) groups excluding carboxylic acids is 1. The van der Waals surface area contributed by atoms with Gasteiger partial charge in [-0.05, 0) is 37.6 Å². The summed E-state index contributed by atoms with van der Waals surface area (Å²) in [6, 6.07) is 7.46. The first-order chi connectivity index (χ1) is 10.3. The Bertz CT molecular complexity index is 595. The van der Waals surface area contributed by atoms with Crippen LogP contribution in [-0.2, 0) is 0 Å². The van der Waals surface area contributed by atoms with Crippen molar-refractivity contribution in [3.05, 3.63) is 42.2 Å². The summed E-state index contributed by atoms with van der Waals surface area (Å²) in [5, 5.41) is 8.30. The fourth-order valence-electron chi connectivity index (χ4n) is 2.57. The van der Waals surface area contributed by atoms with Crippen molar-refractivity contribution in [2.24, 2.45) is 0 Å². The van der Waals surface area contributed by atoms with E-state index in [1.165, 1.54) is 0 Å². The van der Waals surface area contributed by atoms with Gasteiger partial charge in [-0.25, -0.2) is 0 Å². The largest absolute Gasteiger partial charge is 0.494 e. The summed E-state index contributed by atoms with van der Waals surface area (Å²) in [5.74, 6) is 0.835. The molecular weight excluding hydrogens is 268 g/mol. The lowest BCUT2D eigenvalue weighted by Crippen LogP contribution is -2.29. The van der Waals surface area contributed by atoms with Gasteiger partial charge < -0.3 is 9.64 Å². The number of carbonyl (C=O) groups is 1. The molecule has 1 aliphatic rings. The number of hydrogen-bond donors (Lipinski definition) is 0. The normalized spacial score (nSPS) is 18.0. The van der Waals surface area contributed by atoms with Crippen LogP contribution in [0.15, 0.2) is 36.7 Å². The monoisotopic (exact) mass is 286 g/mol. The number of aromatic nitrogens is 3. The molecule has 2 heterocycles. The molecule has 0 bridgehead atoms. The van der Waals surface area contributed by atoms with Crippen molar-refractivity contribution in [1.29, 1.82) is 0 Å². The highest BCUT2D eigenvalue weighted by Gasteiger charge is 2.28. The molecule has 1 aliphatic heterocycles. The molecule has 21 heavy (non-hydrogen) atoms. The molecular formula is C15H18N4O2. The third-order valence-electron chi connectivity index (χ3n) is 3.63. The molecule has 0 spiro atoms. The van der Waals surface area contributed by atoms with Gasteiger partial charge in [-0.15, -0.1) is 0 Å². The van der Waals surface area contributed by atoms with Gasteiger partial charge in [0.1, 0.15) is 5.75 Å².